The van der Waals surface area contributed by atoms with Gasteiger partial charge in [-0.05, 0) is 25.9 Å². The van der Waals surface area contributed by atoms with Crippen molar-refractivity contribution in [3.8, 4) is 0 Å². The summed E-state index contributed by atoms with van der Waals surface area (Å²) in [5.74, 6) is 0.517. The van der Waals surface area contributed by atoms with Crippen LogP contribution in [0.2, 0.25) is 0 Å². The molecule has 0 spiro atoms. The van der Waals surface area contributed by atoms with Gasteiger partial charge in [-0.3, -0.25) is 0 Å². The fraction of sp³-hybridized carbons (Fsp3) is 1.00. The van der Waals surface area contributed by atoms with Crippen molar-refractivity contribution in [2.24, 2.45) is 11.7 Å². The Kier molecular flexibility index (Phi) is 6.34. The zero-order valence-electron chi connectivity index (χ0n) is 8.45. The number of nitrogens with two attached hydrogens (primary N) is 1. The van der Waals surface area contributed by atoms with Crippen LogP contribution in [0.25, 0.3) is 0 Å². The molecule has 0 fully saturated rings. The molecule has 3 N–H and O–H groups in total. The Labute approximate surface area is 75.6 Å². The zero-order chi connectivity index (χ0) is 9.56. The second-order valence-corrected chi connectivity index (χ2v) is 3.54. The van der Waals surface area contributed by atoms with Crippen LogP contribution in [0, 0.1) is 5.92 Å². The molecule has 3 heteroatoms. The summed E-state index contributed by atoms with van der Waals surface area (Å²) in [5.41, 5.74) is 5.52. The van der Waals surface area contributed by atoms with Gasteiger partial charge in [0, 0.05) is 13.1 Å². The summed E-state index contributed by atoms with van der Waals surface area (Å²) in [5, 5.41) is 9.17. The summed E-state index contributed by atoms with van der Waals surface area (Å²) in [6, 6.07) is 0. The number of aliphatic hydroxyl groups is 1. The molecule has 0 aromatic carbocycles. The highest BCUT2D eigenvalue weighted by atomic mass is 16.3. The molecular weight excluding hydrogens is 152 g/mol. The normalized spacial score (nSPS) is 16.5. The molecule has 0 saturated carbocycles. The van der Waals surface area contributed by atoms with Gasteiger partial charge in [-0.15, -0.1) is 0 Å². The minimum atomic E-state index is -0.241. The van der Waals surface area contributed by atoms with Crippen LogP contribution < -0.4 is 5.73 Å². The van der Waals surface area contributed by atoms with E-state index in [1.807, 2.05) is 6.92 Å². The van der Waals surface area contributed by atoms with Crippen LogP contribution in [-0.4, -0.2) is 42.3 Å². The van der Waals surface area contributed by atoms with Crippen molar-refractivity contribution in [1.29, 1.82) is 0 Å². The Morgan fingerprint density at radius 3 is 2.25 bits per heavy atom. The maximum atomic E-state index is 9.17. The number of nitrogens with zero attached hydrogens (tertiary/aromatic N) is 1. The van der Waals surface area contributed by atoms with Gasteiger partial charge in [0.2, 0.25) is 0 Å². The van der Waals surface area contributed by atoms with Crippen LogP contribution >= 0.6 is 0 Å². The molecule has 12 heavy (non-hydrogen) atoms. The third-order valence-corrected chi connectivity index (χ3v) is 1.94. The van der Waals surface area contributed by atoms with Gasteiger partial charge in [0.25, 0.3) is 0 Å². The lowest BCUT2D eigenvalue weighted by molar-refractivity contribution is 0.121. The lowest BCUT2D eigenvalue weighted by Crippen LogP contribution is -2.36. The summed E-state index contributed by atoms with van der Waals surface area (Å²) in [4.78, 5) is 2.22. The fourth-order valence-electron chi connectivity index (χ4n) is 1.22. The zero-order valence-corrected chi connectivity index (χ0v) is 8.45. The van der Waals surface area contributed by atoms with E-state index in [1.165, 1.54) is 0 Å². The maximum absolute atomic E-state index is 9.17. The predicted octanol–water partition coefficient (Wildman–Crippen LogP) is 0.284. The quantitative estimate of drug-likeness (QED) is 0.608. The first-order chi connectivity index (χ1) is 5.60. The average molecular weight is 174 g/mol. The van der Waals surface area contributed by atoms with E-state index in [-0.39, 0.29) is 6.10 Å². The van der Waals surface area contributed by atoms with E-state index in [2.05, 4.69) is 18.7 Å². The van der Waals surface area contributed by atoms with Crippen molar-refractivity contribution in [3.63, 3.8) is 0 Å². The standard InChI is InChI=1S/C9H22N2O/c1-4-11(7-9(3)12)6-8(2)5-10/h8-9,12H,4-7,10H2,1-3H3. The first-order valence-electron chi connectivity index (χ1n) is 4.70. The Bertz CT molecular complexity index is 107. The average Bonchev–Trinajstić information content (AvgIpc) is 2.02. The number of rotatable bonds is 6. The molecule has 0 radical (unpaired) electrons. The molecule has 2 atom stereocenters. The van der Waals surface area contributed by atoms with Gasteiger partial charge in [-0.1, -0.05) is 13.8 Å². The summed E-state index contributed by atoms with van der Waals surface area (Å²) in [6.45, 7) is 9.48. The van der Waals surface area contributed by atoms with E-state index in [4.69, 9.17) is 10.8 Å². The molecule has 0 heterocycles. The van der Waals surface area contributed by atoms with Crippen molar-refractivity contribution in [2.75, 3.05) is 26.2 Å². The van der Waals surface area contributed by atoms with Gasteiger partial charge >= 0.3 is 0 Å². The molecule has 2 unspecified atom stereocenters. The van der Waals surface area contributed by atoms with Crippen molar-refractivity contribution < 1.29 is 5.11 Å². The van der Waals surface area contributed by atoms with Gasteiger partial charge in [-0.2, -0.15) is 0 Å². The lowest BCUT2D eigenvalue weighted by Gasteiger charge is -2.24. The monoisotopic (exact) mass is 174 g/mol. The second kappa shape index (κ2) is 6.40. The minimum absolute atomic E-state index is 0.241. The molecule has 0 aliphatic heterocycles. The second-order valence-electron chi connectivity index (χ2n) is 3.54. The number of hydrogen-bond acceptors (Lipinski definition) is 3. The van der Waals surface area contributed by atoms with E-state index in [1.54, 1.807) is 0 Å². The van der Waals surface area contributed by atoms with Crippen LogP contribution in [-0.2, 0) is 0 Å². The first-order valence-corrected chi connectivity index (χ1v) is 4.70. The molecule has 0 aliphatic carbocycles. The smallest absolute Gasteiger partial charge is 0.0639 e. The van der Waals surface area contributed by atoms with E-state index < -0.39 is 0 Å². The summed E-state index contributed by atoms with van der Waals surface area (Å²) in [6.07, 6.45) is -0.241. The Balaban J connectivity index is 3.66. The van der Waals surface area contributed by atoms with Gasteiger partial charge in [-0.25, -0.2) is 0 Å². The van der Waals surface area contributed by atoms with Crippen LogP contribution in [0.1, 0.15) is 20.8 Å². The van der Waals surface area contributed by atoms with Crippen molar-refractivity contribution in [1.82, 2.24) is 4.90 Å². The van der Waals surface area contributed by atoms with Gasteiger partial charge < -0.3 is 15.7 Å². The van der Waals surface area contributed by atoms with E-state index in [0.29, 0.717) is 5.92 Å². The van der Waals surface area contributed by atoms with Crippen molar-refractivity contribution >= 4 is 0 Å². The Morgan fingerprint density at radius 1 is 1.33 bits per heavy atom. The number of aliphatic hydroxyl groups excluding tert-OH is 1. The third kappa shape index (κ3) is 5.52. The minimum Gasteiger partial charge on any atom is -0.392 e. The highest BCUT2D eigenvalue weighted by Gasteiger charge is 2.08. The highest BCUT2D eigenvalue weighted by molar-refractivity contribution is 4.64. The largest absolute Gasteiger partial charge is 0.392 e. The molecule has 0 saturated heterocycles. The molecule has 0 aliphatic rings. The van der Waals surface area contributed by atoms with Gasteiger partial charge in [0.1, 0.15) is 0 Å². The molecular formula is C9H22N2O. The van der Waals surface area contributed by atoms with E-state index in [9.17, 15) is 0 Å². The highest BCUT2D eigenvalue weighted by Crippen LogP contribution is 1.98. The summed E-state index contributed by atoms with van der Waals surface area (Å²) < 4.78 is 0. The van der Waals surface area contributed by atoms with Crippen LogP contribution in [0.3, 0.4) is 0 Å². The van der Waals surface area contributed by atoms with Crippen LogP contribution in [0.5, 0.6) is 0 Å². The van der Waals surface area contributed by atoms with Crippen LogP contribution in [0.15, 0.2) is 0 Å². The molecule has 74 valence electrons. The summed E-state index contributed by atoms with van der Waals surface area (Å²) in [7, 11) is 0. The van der Waals surface area contributed by atoms with Gasteiger partial charge in [0.15, 0.2) is 0 Å². The molecule has 0 aromatic heterocycles. The van der Waals surface area contributed by atoms with E-state index >= 15 is 0 Å². The molecule has 3 nitrogen and oxygen atoms in total. The number of hydrogen-bond donors (Lipinski definition) is 2. The van der Waals surface area contributed by atoms with Crippen molar-refractivity contribution in [2.45, 2.75) is 26.9 Å². The molecule has 0 aromatic rings. The Morgan fingerprint density at radius 2 is 1.92 bits per heavy atom. The SMILES string of the molecule is CCN(CC(C)O)CC(C)CN. The van der Waals surface area contributed by atoms with Crippen LogP contribution in [0.4, 0.5) is 0 Å². The number of likely N-dealkylation sites (N-methyl/N-ethyl adjacent to an activating group) is 1. The Hall–Kier alpha value is -0.120. The maximum Gasteiger partial charge on any atom is 0.0639 e. The fourth-order valence-corrected chi connectivity index (χ4v) is 1.22. The topological polar surface area (TPSA) is 49.5 Å². The lowest BCUT2D eigenvalue weighted by atomic mass is 10.1. The first kappa shape index (κ1) is 11.9. The molecule has 0 amide bonds. The third-order valence-electron chi connectivity index (χ3n) is 1.94. The van der Waals surface area contributed by atoms with E-state index in [0.717, 1.165) is 26.2 Å². The van der Waals surface area contributed by atoms with Gasteiger partial charge in [0.05, 0.1) is 6.10 Å². The predicted molar refractivity (Wildman–Crippen MR) is 52.0 cm³/mol. The molecule has 0 rings (SSSR count). The molecule has 0 bridgehead atoms. The van der Waals surface area contributed by atoms with Crippen molar-refractivity contribution in [3.05, 3.63) is 0 Å². The summed E-state index contributed by atoms with van der Waals surface area (Å²) >= 11 is 0.